The molecule has 0 spiro atoms. The number of nitrogens with zero attached hydrogens (tertiary/aromatic N) is 1. The van der Waals surface area contributed by atoms with Crippen LogP contribution in [0.4, 0.5) is 20.2 Å². The molecule has 0 aliphatic heterocycles. The zero-order valence-electron chi connectivity index (χ0n) is 10.8. The molecule has 2 rings (SSSR count). The van der Waals surface area contributed by atoms with E-state index >= 15 is 0 Å². The third kappa shape index (κ3) is 2.92. The summed E-state index contributed by atoms with van der Waals surface area (Å²) in [4.78, 5) is 3.96. The number of aromatic nitrogens is 1. The monoisotopic (exact) mass is 273 g/mol. The van der Waals surface area contributed by atoms with Gasteiger partial charge in [-0.25, -0.2) is 8.78 Å². The fraction of sp³-hybridized carbons (Fsp3) is 0.133. The van der Waals surface area contributed by atoms with Crippen LogP contribution >= 0.6 is 0 Å². The molecule has 5 heteroatoms. The predicted octanol–water partition coefficient (Wildman–Crippen LogP) is 3.10. The summed E-state index contributed by atoms with van der Waals surface area (Å²) in [5.41, 5.74) is 7.04. The van der Waals surface area contributed by atoms with E-state index in [1.165, 1.54) is 30.5 Å². The maximum atomic E-state index is 13.8. The van der Waals surface area contributed by atoms with E-state index in [0.29, 0.717) is 16.9 Å². The van der Waals surface area contributed by atoms with Crippen molar-refractivity contribution in [1.29, 1.82) is 0 Å². The molecule has 1 aromatic heterocycles. The Kier molecular flexibility index (Phi) is 3.97. The lowest BCUT2D eigenvalue weighted by atomic mass is 10.1. The lowest BCUT2D eigenvalue weighted by Crippen LogP contribution is -2.10. The summed E-state index contributed by atoms with van der Waals surface area (Å²) in [5.74, 6) is 1.43. The van der Waals surface area contributed by atoms with Crippen molar-refractivity contribution in [2.24, 2.45) is 5.73 Å². The Hall–Kier alpha value is -2.45. The van der Waals surface area contributed by atoms with Crippen LogP contribution in [-0.4, -0.2) is 4.98 Å². The van der Waals surface area contributed by atoms with E-state index in [2.05, 4.69) is 16.2 Å². The molecule has 3 nitrogen and oxygen atoms in total. The lowest BCUT2D eigenvalue weighted by molar-refractivity contribution is 0.580. The molecule has 102 valence electrons. The molecule has 0 saturated carbocycles. The van der Waals surface area contributed by atoms with Crippen molar-refractivity contribution in [3.05, 3.63) is 53.4 Å². The molecule has 0 fully saturated rings. The molecule has 3 N–H and O–H groups in total. The molecule has 2 aromatic rings. The Morgan fingerprint density at radius 3 is 2.70 bits per heavy atom. The Bertz CT molecular complexity index is 675. The van der Waals surface area contributed by atoms with Crippen molar-refractivity contribution < 1.29 is 8.78 Å². The van der Waals surface area contributed by atoms with E-state index in [1.807, 2.05) is 0 Å². The molecule has 1 atom stereocenters. The number of anilines is 2. The zero-order chi connectivity index (χ0) is 14.7. The second-order valence-corrected chi connectivity index (χ2v) is 4.34. The zero-order valence-corrected chi connectivity index (χ0v) is 10.8. The topological polar surface area (TPSA) is 50.9 Å². The van der Waals surface area contributed by atoms with Crippen molar-refractivity contribution in [1.82, 2.24) is 4.98 Å². The molecule has 0 aliphatic rings. The van der Waals surface area contributed by atoms with Gasteiger partial charge >= 0.3 is 0 Å². The van der Waals surface area contributed by atoms with Crippen LogP contribution in [0, 0.1) is 24.0 Å². The highest BCUT2D eigenvalue weighted by atomic mass is 19.1. The van der Waals surface area contributed by atoms with Gasteiger partial charge in [-0.2, -0.15) is 0 Å². The number of pyridine rings is 1. The standard InChI is InChI=1S/C15H13F2N3/c1-3-10-6-11(16)4-5-14(10)20-12-7-13(17)15(9(2)18)19-8-12/h1,4-9,20H,18H2,2H3. The lowest BCUT2D eigenvalue weighted by Gasteiger charge is -2.11. The number of halogens is 2. The van der Waals surface area contributed by atoms with Gasteiger partial charge in [0.1, 0.15) is 11.6 Å². The number of terminal acetylenes is 1. The summed E-state index contributed by atoms with van der Waals surface area (Å²) in [5, 5.41) is 2.91. The van der Waals surface area contributed by atoms with Gasteiger partial charge in [-0.15, -0.1) is 6.42 Å². The molecule has 0 bridgehead atoms. The van der Waals surface area contributed by atoms with Crippen LogP contribution in [0.5, 0.6) is 0 Å². The van der Waals surface area contributed by atoms with Crippen molar-refractivity contribution in [3.8, 4) is 12.3 Å². The normalized spacial score (nSPS) is 11.8. The van der Waals surface area contributed by atoms with Crippen molar-refractivity contribution >= 4 is 11.4 Å². The number of benzene rings is 1. The first kappa shape index (κ1) is 14.0. The van der Waals surface area contributed by atoms with Gasteiger partial charge in [0.15, 0.2) is 0 Å². The highest BCUT2D eigenvalue weighted by molar-refractivity contribution is 5.66. The summed E-state index contributed by atoms with van der Waals surface area (Å²) < 4.78 is 26.8. The Morgan fingerprint density at radius 1 is 1.35 bits per heavy atom. The second kappa shape index (κ2) is 5.68. The third-order valence-electron chi connectivity index (χ3n) is 2.72. The van der Waals surface area contributed by atoms with Crippen molar-refractivity contribution in [3.63, 3.8) is 0 Å². The fourth-order valence-electron chi connectivity index (χ4n) is 1.75. The number of hydrogen-bond donors (Lipinski definition) is 2. The third-order valence-corrected chi connectivity index (χ3v) is 2.72. The van der Waals surface area contributed by atoms with Crippen molar-refractivity contribution in [2.45, 2.75) is 13.0 Å². The van der Waals surface area contributed by atoms with Gasteiger partial charge in [0.2, 0.25) is 0 Å². The molecule has 0 aliphatic carbocycles. The Labute approximate surface area is 115 Å². The van der Waals surface area contributed by atoms with E-state index < -0.39 is 17.7 Å². The van der Waals surface area contributed by atoms with Gasteiger partial charge in [-0.05, 0) is 25.1 Å². The minimum Gasteiger partial charge on any atom is -0.353 e. The maximum Gasteiger partial charge on any atom is 0.148 e. The average Bonchev–Trinajstić information content (AvgIpc) is 2.40. The summed E-state index contributed by atoms with van der Waals surface area (Å²) in [6, 6.07) is 4.76. The van der Waals surface area contributed by atoms with Crippen LogP contribution in [0.3, 0.4) is 0 Å². The van der Waals surface area contributed by atoms with E-state index in [1.54, 1.807) is 6.92 Å². The smallest absolute Gasteiger partial charge is 0.148 e. The molecule has 20 heavy (non-hydrogen) atoms. The summed E-state index contributed by atoms with van der Waals surface area (Å²) in [7, 11) is 0. The number of hydrogen-bond acceptors (Lipinski definition) is 3. The highest BCUT2D eigenvalue weighted by Crippen LogP contribution is 2.23. The van der Waals surface area contributed by atoms with Gasteiger partial charge in [-0.3, -0.25) is 4.98 Å². The van der Waals surface area contributed by atoms with E-state index in [4.69, 9.17) is 12.2 Å². The summed E-state index contributed by atoms with van der Waals surface area (Å²) in [6.07, 6.45) is 6.75. The molecule has 1 heterocycles. The summed E-state index contributed by atoms with van der Waals surface area (Å²) in [6.45, 7) is 1.65. The minimum atomic E-state index is -0.505. The van der Waals surface area contributed by atoms with Gasteiger partial charge in [0.05, 0.1) is 28.8 Å². The first-order valence-electron chi connectivity index (χ1n) is 5.95. The van der Waals surface area contributed by atoms with Crippen LogP contribution < -0.4 is 11.1 Å². The Morgan fingerprint density at radius 2 is 2.10 bits per heavy atom. The van der Waals surface area contributed by atoms with Gasteiger partial charge in [-0.1, -0.05) is 5.92 Å². The highest BCUT2D eigenvalue weighted by Gasteiger charge is 2.10. The number of nitrogens with two attached hydrogens (primary N) is 1. The minimum absolute atomic E-state index is 0.187. The quantitative estimate of drug-likeness (QED) is 0.845. The maximum absolute atomic E-state index is 13.8. The molecule has 1 aromatic carbocycles. The number of nitrogens with one attached hydrogen (secondary N) is 1. The van der Waals surface area contributed by atoms with Crippen LogP contribution in [0.25, 0.3) is 0 Å². The Balaban J connectivity index is 2.32. The molecule has 0 amide bonds. The van der Waals surface area contributed by atoms with Crippen LogP contribution in [0.1, 0.15) is 24.2 Å². The second-order valence-electron chi connectivity index (χ2n) is 4.34. The van der Waals surface area contributed by atoms with E-state index in [0.717, 1.165) is 0 Å². The first-order valence-corrected chi connectivity index (χ1v) is 5.95. The molecular formula is C15H13F2N3. The van der Waals surface area contributed by atoms with Gasteiger partial charge in [0.25, 0.3) is 0 Å². The molecule has 0 saturated heterocycles. The number of rotatable bonds is 3. The van der Waals surface area contributed by atoms with E-state index in [-0.39, 0.29) is 5.69 Å². The van der Waals surface area contributed by atoms with Crippen LogP contribution in [-0.2, 0) is 0 Å². The SMILES string of the molecule is C#Cc1cc(F)ccc1Nc1cnc(C(C)N)c(F)c1. The van der Waals surface area contributed by atoms with Gasteiger partial charge < -0.3 is 11.1 Å². The molecule has 0 radical (unpaired) electrons. The predicted molar refractivity (Wildman–Crippen MR) is 74.4 cm³/mol. The average molecular weight is 273 g/mol. The first-order chi connectivity index (χ1) is 9.51. The molecule has 1 unspecified atom stereocenters. The summed E-state index contributed by atoms with van der Waals surface area (Å²) >= 11 is 0. The molecular weight excluding hydrogens is 260 g/mol. The van der Waals surface area contributed by atoms with Crippen molar-refractivity contribution in [2.75, 3.05) is 5.32 Å². The van der Waals surface area contributed by atoms with Crippen LogP contribution in [0.15, 0.2) is 30.5 Å². The largest absolute Gasteiger partial charge is 0.353 e. The van der Waals surface area contributed by atoms with E-state index in [9.17, 15) is 8.78 Å². The van der Waals surface area contributed by atoms with Crippen LogP contribution in [0.2, 0.25) is 0 Å². The van der Waals surface area contributed by atoms with Gasteiger partial charge in [0, 0.05) is 12.1 Å². The fourth-order valence-corrected chi connectivity index (χ4v) is 1.75.